The van der Waals surface area contributed by atoms with Gasteiger partial charge >= 0.3 is 6.03 Å². The Bertz CT molecular complexity index is 191. The van der Waals surface area contributed by atoms with Crippen LogP contribution in [0.25, 0.3) is 0 Å². The number of urea groups is 1. The van der Waals surface area contributed by atoms with Crippen LogP contribution in [0.3, 0.4) is 0 Å². The molecule has 0 radical (unpaired) electrons. The first kappa shape index (κ1) is 9.32. The van der Waals surface area contributed by atoms with Crippen LogP contribution >= 0.6 is 0 Å². The lowest BCUT2D eigenvalue weighted by Crippen LogP contribution is -2.55. The molecule has 0 bridgehead atoms. The van der Waals surface area contributed by atoms with Crippen molar-refractivity contribution in [3.63, 3.8) is 0 Å². The number of likely N-dealkylation sites (tertiary alicyclic amines) is 1. The number of carbonyl (C=O) groups is 1. The van der Waals surface area contributed by atoms with E-state index in [1.807, 2.05) is 0 Å². The van der Waals surface area contributed by atoms with Gasteiger partial charge in [-0.25, -0.2) is 4.79 Å². The van der Waals surface area contributed by atoms with Crippen LogP contribution in [0.5, 0.6) is 0 Å². The Balaban J connectivity index is 2.63. The fourth-order valence-corrected chi connectivity index (χ4v) is 1.56. The zero-order valence-electron chi connectivity index (χ0n) is 7.71. The van der Waals surface area contributed by atoms with Crippen LogP contribution in [-0.2, 0) is 0 Å². The van der Waals surface area contributed by atoms with Gasteiger partial charge in [-0.05, 0) is 11.8 Å². The number of nitrogens with two attached hydrogens (primary N) is 2. The molecule has 0 saturated carbocycles. The highest BCUT2D eigenvalue weighted by Gasteiger charge is 2.34. The molecule has 2 amide bonds. The lowest BCUT2D eigenvalue weighted by molar-refractivity contribution is 0.116. The maximum Gasteiger partial charge on any atom is 0.314 e. The molecule has 0 aromatic rings. The molecule has 0 spiro atoms. The third kappa shape index (κ3) is 1.69. The molecule has 12 heavy (non-hydrogen) atoms. The quantitative estimate of drug-likeness (QED) is 0.543. The minimum Gasteiger partial charge on any atom is -0.351 e. The Morgan fingerprint density at radius 2 is 2.17 bits per heavy atom. The zero-order valence-corrected chi connectivity index (χ0v) is 7.71. The first-order valence-corrected chi connectivity index (χ1v) is 4.23. The van der Waals surface area contributed by atoms with Gasteiger partial charge < -0.3 is 16.4 Å². The number of amides is 2. The van der Waals surface area contributed by atoms with Gasteiger partial charge in [0.05, 0.1) is 0 Å². The van der Waals surface area contributed by atoms with E-state index in [9.17, 15) is 4.79 Å². The number of carbonyl (C=O) groups excluding carboxylic acids is 1. The number of hydrogen-bond donors (Lipinski definition) is 2. The molecular weight excluding hydrogens is 154 g/mol. The standard InChI is InChI=1S/C8H17N3O/c1-8(2)5-11(7(10)12)4-3-6(8)9/h6H,3-5,9H2,1-2H3,(H2,10,12). The fraction of sp³-hybridized carbons (Fsp3) is 0.875. The molecule has 0 aromatic heterocycles. The third-order valence-electron chi connectivity index (χ3n) is 2.62. The van der Waals surface area contributed by atoms with Crippen LogP contribution in [0.2, 0.25) is 0 Å². The predicted octanol–water partition coefficient (Wildman–Crippen LogP) is 0.124. The summed E-state index contributed by atoms with van der Waals surface area (Å²) in [6.45, 7) is 5.49. The second-order valence-corrected chi connectivity index (χ2v) is 4.14. The number of hydrogen-bond acceptors (Lipinski definition) is 2. The van der Waals surface area contributed by atoms with Crippen molar-refractivity contribution in [2.24, 2.45) is 16.9 Å². The fourth-order valence-electron chi connectivity index (χ4n) is 1.56. The van der Waals surface area contributed by atoms with Gasteiger partial charge in [-0.15, -0.1) is 0 Å². The first-order chi connectivity index (χ1) is 5.43. The van der Waals surface area contributed by atoms with E-state index < -0.39 is 0 Å². The summed E-state index contributed by atoms with van der Waals surface area (Å²) in [5.41, 5.74) is 11.1. The van der Waals surface area contributed by atoms with Crippen molar-refractivity contribution in [3.05, 3.63) is 0 Å². The van der Waals surface area contributed by atoms with Crippen molar-refractivity contribution in [2.45, 2.75) is 26.3 Å². The van der Waals surface area contributed by atoms with Crippen molar-refractivity contribution in [3.8, 4) is 0 Å². The summed E-state index contributed by atoms with van der Waals surface area (Å²) in [5.74, 6) is 0. The smallest absolute Gasteiger partial charge is 0.314 e. The Morgan fingerprint density at radius 3 is 2.58 bits per heavy atom. The Hall–Kier alpha value is -0.770. The molecule has 0 aromatic carbocycles. The largest absolute Gasteiger partial charge is 0.351 e. The maximum absolute atomic E-state index is 10.9. The highest BCUT2D eigenvalue weighted by atomic mass is 16.2. The molecule has 1 unspecified atom stereocenters. The number of piperidine rings is 1. The molecule has 4 nitrogen and oxygen atoms in total. The summed E-state index contributed by atoms with van der Waals surface area (Å²) in [7, 11) is 0. The summed E-state index contributed by atoms with van der Waals surface area (Å²) in [6, 6.07) is -0.164. The molecule has 1 saturated heterocycles. The number of nitrogens with zero attached hydrogens (tertiary/aromatic N) is 1. The van der Waals surface area contributed by atoms with E-state index in [0.717, 1.165) is 6.42 Å². The van der Waals surface area contributed by atoms with Crippen molar-refractivity contribution in [1.29, 1.82) is 0 Å². The van der Waals surface area contributed by atoms with Gasteiger partial charge in [-0.1, -0.05) is 13.8 Å². The highest BCUT2D eigenvalue weighted by Crippen LogP contribution is 2.27. The Morgan fingerprint density at radius 1 is 1.58 bits per heavy atom. The Kier molecular flexibility index (Phi) is 2.28. The van der Waals surface area contributed by atoms with Crippen molar-refractivity contribution >= 4 is 6.03 Å². The van der Waals surface area contributed by atoms with E-state index in [1.165, 1.54) is 0 Å². The van der Waals surface area contributed by atoms with Gasteiger partial charge in [-0.3, -0.25) is 0 Å². The van der Waals surface area contributed by atoms with Crippen LogP contribution in [0.1, 0.15) is 20.3 Å². The molecule has 1 fully saturated rings. The summed E-state index contributed by atoms with van der Waals surface area (Å²) < 4.78 is 0. The molecule has 70 valence electrons. The zero-order chi connectivity index (χ0) is 9.35. The lowest BCUT2D eigenvalue weighted by Gasteiger charge is -2.41. The van der Waals surface area contributed by atoms with Crippen LogP contribution in [0.4, 0.5) is 4.79 Å². The lowest BCUT2D eigenvalue weighted by atomic mass is 9.80. The molecular formula is C8H17N3O. The minimum absolute atomic E-state index is 0.00667. The SMILES string of the molecule is CC1(C)CN(C(N)=O)CCC1N. The summed E-state index contributed by atoms with van der Waals surface area (Å²) >= 11 is 0. The van der Waals surface area contributed by atoms with Gasteiger partial charge in [0, 0.05) is 19.1 Å². The van der Waals surface area contributed by atoms with Crippen LogP contribution in [0, 0.1) is 5.41 Å². The average molecular weight is 171 g/mol. The summed E-state index contributed by atoms with van der Waals surface area (Å²) in [5, 5.41) is 0. The predicted molar refractivity (Wildman–Crippen MR) is 47.5 cm³/mol. The topological polar surface area (TPSA) is 72.3 Å². The number of primary amides is 1. The van der Waals surface area contributed by atoms with Gasteiger partial charge in [0.15, 0.2) is 0 Å². The molecule has 0 aliphatic carbocycles. The maximum atomic E-state index is 10.9. The second kappa shape index (κ2) is 2.94. The molecule has 1 aliphatic heterocycles. The van der Waals surface area contributed by atoms with E-state index in [4.69, 9.17) is 11.5 Å². The minimum atomic E-state index is -0.338. The molecule has 1 rings (SSSR count). The molecule has 1 heterocycles. The van der Waals surface area contributed by atoms with Crippen molar-refractivity contribution < 1.29 is 4.79 Å². The van der Waals surface area contributed by atoms with Gasteiger partial charge in [0.2, 0.25) is 0 Å². The first-order valence-electron chi connectivity index (χ1n) is 4.23. The number of rotatable bonds is 0. The van der Waals surface area contributed by atoms with E-state index >= 15 is 0 Å². The summed E-state index contributed by atoms with van der Waals surface area (Å²) in [6.07, 6.45) is 0.843. The highest BCUT2D eigenvalue weighted by molar-refractivity contribution is 5.72. The molecule has 1 aliphatic rings. The Labute approximate surface area is 72.9 Å². The van der Waals surface area contributed by atoms with E-state index in [2.05, 4.69) is 13.8 Å². The monoisotopic (exact) mass is 171 g/mol. The van der Waals surface area contributed by atoms with E-state index in [1.54, 1.807) is 4.90 Å². The van der Waals surface area contributed by atoms with Gasteiger partial charge in [-0.2, -0.15) is 0 Å². The van der Waals surface area contributed by atoms with Gasteiger partial charge in [0.25, 0.3) is 0 Å². The van der Waals surface area contributed by atoms with Crippen molar-refractivity contribution in [2.75, 3.05) is 13.1 Å². The van der Waals surface area contributed by atoms with E-state index in [0.29, 0.717) is 13.1 Å². The summed E-state index contributed by atoms with van der Waals surface area (Å²) in [4.78, 5) is 12.5. The van der Waals surface area contributed by atoms with Crippen LogP contribution < -0.4 is 11.5 Å². The average Bonchev–Trinajstić information content (AvgIpc) is 1.94. The van der Waals surface area contributed by atoms with Crippen LogP contribution in [0.15, 0.2) is 0 Å². The van der Waals surface area contributed by atoms with Crippen LogP contribution in [-0.4, -0.2) is 30.1 Å². The third-order valence-corrected chi connectivity index (χ3v) is 2.62. The molecule has 4 N–H and O–H groups in total. The normalized spacial score (nSPS) is 28.6. The second-order valence-electron chi connectivity index (χ2n) is 4.14. The van der Waals surface area contributed by atoms with Crippen molar-refractivity contribution in [1.82, 2.24) is 4.90 Å². The molecule has 1 atom stereocenters. The van der Waals surface area contributed by atoms with Gasteiger partial charge in [0.1, 0.15) is 0 Å². The molecule has 4 heteroatoms. The van der Waals surface area contributed by atoms with E-state index in [-0.39, 0.29) is 17.5 Å².